The average Bonchev–Trinajstić information content (AvgIpc) is 2.91. The molecule has 1 unspecified atom stereocenters. The van der Waals surface area contributed by atoms with Crippen molar-refractivity contribution in [1.82, 2.24) is 4.98 Å². The van der Waals surface area contributed by atoms with Crippen LogP contribution in [0, 0.1) is 0 Å². The number of pyridine rings is 1. The van der Waals surface area contributed by atoms with Gasteiger partial charge in [-0.1, -0.05) is 17.7 Å². The van der Waals surface area contributed by atoms with Crippen molar-refractivity contribution in [3.63, 3.8) is 0 Å². The maximum atomic E-state index is 9.21. The Morgan fingerprint density at radius 2 is 2.21 bits per heavy atom. The van der Waals surface area contributed by atoms with E-state index in [1.165, 1.54) is 4.88 Å². The molecule has 0 aliphatic rings. The first-order chi connectivity index (χ1) is 9.11. The van der Waals surface area contributed by atoms with Crippen LogP contribution < -0.4 is 4.90 Å². The van der Waals surface area contributed by atoms with E-state index in [9.17, 15) is 5.11 Å². The number of anilines is 1. The molecule has 102 valence electrons. The van der Waals surface area contributed by atoms with Gasteiger partial charge in [-0.3, -0.25) is 0 Å². The number of hydrogen-bond acceptors (Lipinski definition) is 4. The summed E-state index contributed by atoms with van der Waals surface area (Å²) in [5.41, 5.74) is 0.523. The Hall–Kier alpha value is -1.10. The van der Waals surface area contributed by atoms with E-state index in [0.717, 1.165) is 12.2 Å². The van der Waals surface area contributed by atoms with E-state index in [2.05, 4.69) is 34.3 Å². The van der Waals surface area contributed by atoms with Gasteiger partial charge in [-0.15, -0.1) is 11.3 Å². The van der Waals surface area contributed by atoms with Gasteiger partial charge in [0.1, 0.15) is 5.82 Å². The lowest BCUT2D eigenvalue weighted by molar-refractivity contribution is 0.277. The molecule has 19 heavy (non-hydrogen) atoms. The number of likely N-dealkylation sites (N-methyl/N-ethyl adjacent to an activating group) is 1. The standard InChI is InChI=1S/C14H17ClN2OS/c1-10(8-11-4-3-7-19-11)17(2)14-6-5-12(15)13(9-18)16-14/h3-7,10,18H,8-9H2,1-2H3. The third kappa shape index (κ3) is 3.47. The van der Waals surface area contributed by atoms with Crippen LogP contribution in [-0.2, 0) is 13.0 Å². The summed E-state index contributed by atoms with van der Waals surface area (Å²) in [7, 11) is 2.01. The van der Waals surface area contributed by atoms with E-state index >= 15 is 0 Å². The molecule has 0 fully saturated rings. The summed E-state index contributed by atoms with van der Waals surface area (Å²) in [5, 5.41) is 11.8. The minimum absolute atomic E-state index is 0.139. The highest BCUT2D eigenvalue weighted by molar-refractivity contribution is 7.09. The van der Waals surface area contributed by atoms with Gasteiger partial charge in [0, 0.05) is 24.4 Å². The Balaban J connectivity index is 2.12. The highest BCUT2D eigenvalue weighted by Gasteiger charge is 2.14. The summed E-state index contributed by atoms with van der Waals surface area (Å²) >= 11 is 7.72. The van der Waals surface area contributed by atoms with Gasteiger partial charge in [-0.05, 0) is 30.5 Å². The number of aliphatic hydroxyl groups excluding tert-OH is 1. The molecule has 0 saturated heterocycles. The van der Waals surface area contributed by atoms with Crippen LogP contribution in [0.5, 0.6) is 0 Å². The van der Waals surface area contributed by atoms with Crippen LogP contribution in [0.4, 0.5) is 5.82 Å². The number of halogens is 1. The molecule has 2 rings (SSSR count). The second-order valence-electron chi connectivity index (χ2n) is 4.50. The zero-order valence-corrected chi connectivity index (χ0v) is 12.6. The first kappa shape index (κ1) is 14.3. The number of rotatable bonds is 5. The summed E-state index contributed by atoms with van der Waals surface area (Å²) in [6, 6.07) is 8.20. The topological polar surface area (TPSA) is 36.4 Å². The largest absolute Gasteiger partial charge is 0.390 e. The van der Waals surface area contributed by atoms with Crippen molar-refractivity contribution in [1.29, 1.82) is 0 Å². The lowest BCUT2D eigenvalue weighted by atomic mass is 10.2. The minimum atomic E-state index is -0.139. The molecule has 0 aliphatic heterocycles. The number of hydrogen-bond donors (Lipinski definition) is 1. The molecule has 2 heterocycles. The number of aliphatic hydroxyl groups is 1. The normalized spacial score (nSPS) is 12.4. The number of nitrogens with zero attached hydrogens (tertiary/aromatic N) is 2. The fourth-order valence-corrected chi connectivity index (χ4v) is 2.85. The molecule has 0 aliphatic carbocycles. The fourth-order valence-electron chi connectivity index (χ4n) is 1.86. The van der Waals surface area contributed by atoms with Gasteiger partial charge in [0.15, 0.2) is 0 Å². The SMILES string of the molecule is CC(Cc1cccs1)N(C)c1ccc(Cl)c(CO)n1. The predicted molar refractivity (Wildman–Crippen MR) is 81.1 cm³/mol. The molecule has 0 spiro atoms. The van der Waals surface area contributed by atoms with Gasteiger partial charge in [0.05, 0.1) is 17.3 Å². The van der Waals surface area contributed by atoms with Gasteiger partial charge in [0.25, 0.3) is 0 Å². The van der Waals surface area contributed by atoms with Crippen molar-refractivity contribution < 1.29 is 5.11 Å². The summed E-state index contributed by atoms with van der Waals surface area (Å²) < 4.78 is 0. The third-order valence-corrected chi connectivity index (χ3v) is 4.40. The van der Waals surface area contributed by atoms with Gasteiger partial charge in [-0.2, -0.15) is 0 Å². The van der Waals surface area contributed by atoms with E-state index in [4.69, 9.17) is 11.6 Å². The summed E-state index contributed by atoms with van der Waals surface area (Å²) in [4.78, 5) is 7.85. The van der Waals surface area contributed by atoms with Crippen molar-refractivity contribution in [2.75, 3.05) is 11.9 Å². The van der Waals surface area contributed by atoms with E-state index < -0.39 is 0 Å². The second kappa shape index (κ2) is 6.37. The molecule has 3 nitrogen and oxygen atoms in total. The van der Waals surface area contributed by atoms with Gasteiger partial charge >= 0.3 is 0 Å². The van der Waals surface area contributed by atoms with Crippen LogP contribution in [0.15, 0.2) is 29.6 Å². The van der Waals surface area contributed by atoms with Crippen molar-refractivity contribution in [2.45, 2.75) is 26.0 Å². The highest BCUT2D eigenvalue weighted by Crippen LogP contribution is 2.21. The van der Waals surface area contributed by atoms with Gasteiger partial charge in [0.2, 0.25) is 0 Å². The number of thiophene rings is 1. The molecule has 0 bridgehead atoms. The molecule has 0 amide bonds. The summed E-state index contributed by atoms with van der Waals surface area (Å²) in [5.74, 6) is 0.831. The Morgan fingerprint density at radius 3 is 2.84 bits per heavy atom. The predicted octanol–water partition coefficient (Wildman–Crippen LogP) is 3.36. The molecular weight excluding hydrogens is 280 g/mol. The zero-order chi connectivity index (χ0) is 13.8. The quantitative estimate of drug-likeness (QED) is 0.919. The van der Waals surface area contributed by atoms with Crippen molar-refractivity contribution in [3.8, 4) is 0 Å². The molecular formula is C14H17ClN2OS. The molecule has 1 N–H and O–H groups in total. The van der Waals surface area contributed by atoms with Crippen LogP contribution in [-0.4, -0.2) is 23.2 Å². The molecule has 0 radical (unpaired) electrons. The first-order valence-corrected chi connectivity index (χ1v) is 7.39. The fraction of sp³-hybridized carbons (Fsp3) is 0.357. The zero-order valence-electron chi connectivity index (χ0n) is 11.0. The van der Waals surface area contributed by atoms with E-state index in [-0.39, 0.29) is 6.61 Å². The molecule has 0 aromatic carbocycles. The van der Waals surface area contributed by atoms with Crippen LogP contribution >= 0.6 is 22.9 Å². The van der Waals surface area contributed by atoms with Crippen LogP contribution in [0.1, 0.15) is 17.5 Å². The molecule has 1 atom stereocenters. The number of aromatic nitrogens is 1. The first-order valence-electron chi connectivity index (χ1n) is 6.13. The monoisotopic (exact) mass is 296 g/mol. The van der Waals surface area contributed by atoms with Gasteiger partial charge < -0.3 is 10.0 Å². The summed E-state index contributed by atoms with van der Waals surface area (Å²) in [6.45, 7) is 2.02. The van der Waals surface area contributed by atoms with Gasteiger partial charge in [-0.25, -0.2) is 4.98 Å². The van der Waals surface area contributed by atoms with Crippen LogP contribution in [0.3, 0.4) is 0 Å². The Morgan fingerprint density at radius 1 is 1.42 bits per heavy atom. The minimum Gasteiger partial charge on any atom is -0.390 e. The molecule has 2 aromatic rings. The van der Waals surface area contributed by atoms with E-state index in [1.54, 1.807) is 17.4 Å². The smallest absolute Gasteiger partial charge is 0.129 e. The maximum Gasteiger partial charge on any atom is 0.129 e. The Kier molecular flexibility index (Phi) is 4.80. The average molecular weight is 297 g/mol. The van der Waals surface area contributed by atoms with Crippen molar-refractivity contribution in [2.24, 2.45) is 0 Å². The molecule has 0 saturated carbocycles. The van der Waals surface area contributed by atoms with Crippen LogP contribution in [0.25, 0.3) is 0 Å². The van der Waals surface area contributed by atoms with Crippen molar-refractivity contribution in [3.05, 3.63) is 45.2 Å². The van der Waals surface area contributed by atoms with Crippen LogP contribution in [0.2, 0.25) is 5.02 Å². The lowest BCUT2D eigenvalue weighted by Gasteiger charge is -2.26. The lowest BCUT2D eigenvalue weighted by Crippen LogP contribution is -2.31. The van der Waals surface area contributed by atoms with E-state index in [1.807, 2.05) is 13.1 Å². The highest BCUT2D eigenvalue weighted by atomic mass is 35.5. The maximum absolute atomic E-state index is 9.21. The Labute approximate surface area is 122 Å². The van der Waals surface area contributed by atoms with E-state index in [0.29, 0.717) is 16.8 Å². The second-order valence-corrected chi connectivity index (χ2v) is 5.94. The molecule has 5 heteroatoms. The van der Waals surface area contributed by atoms with Crippen molar-refractivity contribution >= 4 is 28.8 Å². The summed E-state index contributed by atoms with van der Waals surface area (Å²) in [6.07, 6.45) is 0.979. The Bertz CT molecular complexity index is 530. The molecule has 2 aromatic heterocycles. The third-order valence-electron chi connectivity index (χ3n) is 3.15.